The van der Waals surface area contributed by atoms with E-state index in [4.69, 9.17) is 4.74 Å². The standard InChI is InChI=1S/C13H15Br2NO2/c1-13(5-2-6-18-13)8-16-12(17)10-4-3-9(14)7-11(10)15/h3-4,7H,2,5-6,8H2,1H3,(H,16,17). The molecular weight excluding hydrogens is 362 g/mol. The average Bonchev–Trinajstić information content (AvgIpc) is 2.74. The van der Waals surface area contributed by atoms with Crippen LogP contribution in [0.15, 0.2) is 27.1 Å². The maximum absolute atomic E-state index is 12.1. The largest absolute Gasteiger partial charge is 0.373 e. The third-order valence-corrected chi connectivity index (χ3v) is 4.25. The molecule has 0 aliphatic carbocycles. The Morgan fingerprint density at radius 3 is 2.89 bits per heavy atom. The van der Waals surface area contributed by atoms with Crippen molar-refractivity contribution in [1.29, 1.82) is 0 Å². The van der Waals surface area contributed by atoms with Gasteiger partial charge in [0.1, 0.15) is 0 Å². The van der Waals surface area contributed by atoms with Gasteiger partial charge in [0, 0.05) is 22.1 Å². The fourth-order valence-corrected chi connectivity index (χ4v) is 3.24. The van der Waals surface area contributed by atoms with E-state index >= 15 is 0 Å². The fraction of sp³-hybridized carbons (Fsp3) is 0.462. The van der Waals surface area contributed by atoms with E-state index in [-0.39, 0.29) is 11.5 Å². The van der Waals surface area contributed by atoms with Crippen LogP contribution in [-0.4, -0.2) is 24.7 Å². The molecule has 0 bridgehead atoms. The first-order valence-electron chi connectivity index (χ1n) is 5.87. The molecule has 18 heavy (non-hydrogen) atoms. The molecule has 1 amide bonds. The molecule has 5 heteroatoms. The van der Waals surface area contributed by atoms with E-state index in [1.54, 1.807) is 6.07 Å². The Morgan fingerprint density at radius 2 is 2.28 bits per heavy atom. The fourth-order valence-electron chi connectivity index (χ4n) is 2.01. The molecule has 1 aliphatic heterocycles. The number of amides is 1. The predicted octanol–water partition coefficient (Wildman–Crippen LogP) is 3.51. The van der Waals surface area contributed by atoms with Crippen LogP contribution in [0.25, 0.3) is 0 Å². The first kappa shape index (κ1) is 14.0. The monoisotopic (exact) mass is 375 g/mol. The summed E-state index contributed by atoms with van der Waals surface area (Å²) in [6, 6.07) is 5.51. The van der Waals surface area contributed by atoms with Crippen molar-refractivity contribution >= 4 is 37.8 Å². The van der Waals surface area contributed by atoms with Gasteiger partial charge in [0.15, 0.2) is 0 Å². The summed E-state index contributed by atoms with van der Waals surface area (Å²) in [5, 5.41) is 2.93. The third-order valence-electron chi connectivity index (χ3n) is 3.10. The van der Waals surface area contributed by atoms with E-state index in [2.05, 4.69) is 37.2 Å². The highest BCUT2D eigenvalue weighted by Crippen LogP contribution is 2.25. The second-order valence-electron chi connectivity index (χ2n) is 4.71. The van der Waals surface area contributed by atoms with Crippen LogP contribution in [0.4, 0.5) is 0 Å². The maximum Gasteiger partial charge on any atom is 0.252 e. The molecular formula is C13H15Br2NO2. The smallest absolute Gasteiger partial charge is 0.252 e. The molecule has 0 radical (unpaired) electrons. The Kier molecular flexibility index (Phi) is 4.45. The van der Waals surface area contributed by atoms with Crippen LogP contribution in [0.5, 0.6) is 0 Å². The lowest BCUT2D eigenvalue weighted by atomic mass is 10.0. The highest BCUT2D eigenvalue weighted by atomic mass is 79.9. The number of nitrogens with one attached hydrogen (secondary N) is 1. The number of carbonyl (C=O) groups is 1. The Hall–Kier alpha value is -0.390. The van der Waals surface area contributed by atoms with Crippen molar-refractivity contribution in [2.45, 2.75) is 25.4 Å². The normalized spacial score (nSPS) is 23.1. The zero-order valence-electron chi connectivity index (χ0n) is 10.1. The number of hydrogen-bond donors (Lipinski definition) is 1. The predicted molar refractivity (Wildman–Crippen MR) is 77.8 cm³/mol. The first-order chi connectivity index (χ1) is 8.50. The summed E-state index contributed by atoms with van der Waals surface area (Å²) in [4.78, 5) is 12.1. The van der Waals surface area contributed by atoms with Crippen LogP contribution >= 0.6 is 31.9 Å². The summed E-state index contributed by atoms with van der Waals surface area (Å²) >= 11 is 6.76. The van der Waals surface area contributed by atoms with Crippen LogP contribution in [0.2, 0.25) is 0 Å². The molecule has 98 valence electrons. The van der Waals surface area contributed by atoms with Crippen molar-refractivity contribution < 1.29 is 9.53 Å². The molecule has 1 aromatic rings. The van der Waals surface area contributed by atoms with Crippen molar-refractivity contribution in [2.75, 3.05) is 13.2 Å². The maximum atomic E-state index is 12.1. The minimum Gasteiger partial charge on any atom is -0.373 e. The number of benzene rings is 1. The number of hydrogen-bond acceptors (Lipinski definition) is 2. The van der Waals surface area contributed by atoms with Crippen LogP contribution < -0.4 is 5.32 Å². The summed E-state index contributed by atoms with van der Waals surface area (Å²) in [6.45, 7) is 3.37. The van der Waals surface area contributed by atoms with Gasteiger partial charge in [0.25, 0.3) is 5.91 Å². The molecule has 1 heterocycles. The molecule has 0 aromatic heterocycles. The second kappa shape index (κ2) is 5.72. The van der Waals surface area contributed by atoms with Gasteiger partial charge in [-0.15, -0.1) is 0 Å². The first-order valence-corrected chi connectivity index (χ1v) is 7.46. The van der Waals surface area contributed by atoms with E-state index in [1.807, 2.05) is 19.1 Å². The number of halogens is 2. The van der Waals surface area contributed by atoms with Gasteiger partial charge < -0.3 is 10.1 Å². The number of rotatable bonds is 3. The van der Waals surface area contributed by atoms with Crippen molar-refractivity contribution in [2.24, 2.45) is 0 Å². The van der Waals surface area contributed by atoms with Gasteiger partial charge in [-0.1, -0.05) is 15.9 Å². The molecule has 0 spiro atoms. The van der Waals surface area contributed by atoms with Gasteiger partial charge >= 0.3 is 0 Å². The highest BCUT2D eigenvalue weighted by molar-refractivity contribution is 9.11. The van der Waals surface area contributed by atoms with E-state index in [0.29, 0.717) is 12.1 Å². The molecule has 1 atom stereocenters. The summed E-state index contributed by atoms with van der Waals surface area (Å²) < 4.78 is 7.37. The second-order valence-corrected chi connectivity index (χ2v) is 6.48. The number of ether oxygens (including phenoxy) is 1. The Morgan fingerprint density at radius 1 is 1.50 bits per heavy atom. The lowest BCUT2D eigenvalue weighted by Gasteiger charge is -2.23. The van der Waals surface area contributed by atoms with Gasteiger partial charge in [0.2, 0.25) is 0 Å². The highest BCUT2D eigenvalue weighted by Gasteiger charge is 2.30. The van der Waals surface area contributed by atoms with Crippen molar-refractivity contribution in [3.8, 4) is 0 Å². The lowest BCUT2D eigenvalue weighted by Crippen LogP contribution is -2.40. The zero-order chi connectivity index (χ0) is 13.2. The van der Waals surface area contributed by atoms with Gasteiger partial charge in [0.05, 0.1) is 11.2 Å². The molecule has 1 N–H and O–H groups in total. The summed E-state index contributed by atoms with van der Waals surface area (Å²) in [6.07, 6.45) is 2.06. The van der Waals surface area contributed by atoms with Crippen molar-refractivity contribution in [3.05, 3.63) is 32.7 Å². The molecule has 1 saturated heterocycles. The van der Waals surface area contributed by atoms with Gasteiger partial charge in [-0.05, 0) is 53.9 Å². The Balaban J connectivity index is 1.99. The Bertz CT molecular complexity index is 456. The summed E-state index contributed by atoms with van der Waals surface area (Å²) in [5.74, 6) is -0.0777. The molecule has 1 aliphatic rings. The van der Waals surface area contributed by atoms with Crippen LogP contribution in [0.3, 0.4) is 0 Å². The van der Waals surface area contributed by atoms with E-state index in [1.165, 1.54) is 0 Å². The average molecular weight is 377 g/mol. The molecule has 1 aromatic carbocycles. The van der Waals surface area contributed by atoms with Gasteiger partial charge in [-0.25, -0.2) is 0 Å². The topological polar surface area (TPSA) is 38.3 Å². The molecule has 3 nitrogen and oxygen atoms in total. The molecule has 2 rings (SSSR count). The zero-order valence-corrected chi connectivity index (χ0v) is 13.3. The summed E-state index contributed by atoms with van der Waals surface area (Å²) in [5.41, 5.74) is 0.428. The Labute approximate surface area is 124 Å². The molecule has 1 unspecified atom stereocenters. The van der Waals surface area contributed by atoms with E-state index in [9.17, 15) is 4.79 Å². The van der Waals surface area contributed by atoms with Crippen molar-refractivity contribution in [1.82, 2.24) is 5.32 Å². The number of carbonyl (C=O) groups excluding carboxylic acids is 1. The minimum absolute atomic E-state index is 0.0777. The van der Waals surface area contributed by atoms with E-state index in [0.717, 1.165) is 28.4 Å². The van der Waals surface area contributed by atoms with Crippen LogP contribution in [-0.2, 0) is 4.74 Å². The SMILES string of the molecule is CC1(CNC(=O)c2ccc(Br)cc2Br)CCCO1. The van der Waals surface area contributed by atoms with Crippen LogP contribution in [0, 0.1) is 0 Å². The van der Waals surface area contributed by atoms with Gasteiger partial charge in [-0.2, -0.15) is 0 Å². The van der Waals surface area contributed by atoms with Gasteiger partial charge in [-0.3, -0.25) is 4.79 Å². The van der Waals surface area contributed by atoms with Crippen LogP contribution in [0.1, 0.15) is 30.1 Å². The quantitative estimate of drug-likeness (QED) is 0.876. The third kappa shape index (κ3) is 3.33. The minimum atomic E-state index is -0.211. The van der Waals surface area contributed by atoms with Crippen molar-refractivity contribution in [3.63, 3.8) is 0 Å². The molecule has 1 fully saturated rings. The lowest BCUT2D eigenvalue weighted by molar-refractivity contribution is 0.0206. The molecule has 0 saturated carbocycles. The summed E-state index contributed by atoms with van der Waals surface area (Å²) in [7, 11) is 0. The van der Waals surface area contributed by atoms with E-state index < -0.39 is 0 Å².